The maximum Gasteiger partial charge on any atom is 0.511 e. The maximum absolute atomic E-state index is 11.9. The van der Waals surface area contributed by atoms with Crippen LogP contribution in [0.4, 0.5) is 23.7 Å². The van der Waals surface area contributed by atoms with Gasteiger partial charge in [0, 0.05) is 0 Å². The Morgan fingerprint density at radius 1 is 1.42 bits per heavy atom. The fourth-order valence-electron chi connectivity index (χ4n) is 0.827. The van der Waals surface area contributed by atoms with Gasteiger partial charge in [0.1, 0.15) is 0 Å². The van der Waals surface area contributed by atoms with Crippen molar-refractivity contribution in [3.63, 3.8) is 0 Å². The topological polar surface area (TPSA) is 84.5 Å². The second-order valence-electron chi connectivity index (χ2n) is 3.00. The standard InChI is InChI=1S/C9H7F3N2O4S/c10-9(11,12)19(16,17)13-6-18-8(15)14-7-4-2-1-3-5-7/h1-2,4,13H,6H2,(H,14,15). The monoisotopic (exact) mass is 296 g/mol. The predicted octanol–water partition coefficient (Wildman–Crippen LogP) is 1.23. The number of ether oxygens (including phenoxy) is 1. The molecule has 104 valence electrons. The molecule has 0 unspecified atom stereocenters. The Balaban J connectivity index is 2.40. The zero-order valence-corrected chi connectivity index (χ0v) is 9.93. The quantitative estimate of drug-likeness (QED) is 0.819. The molecule has 0 fully saturated rings. The summed E-state index contributed by atoms with van der Waals surface area (Å²) in [5.74, 6) is 0. The second-order valence-corrected chi connectivity index (χ2v) is 4.76. The molecule has 1 aromatic rings. The molecule has 0 aromatic heterocycles. The van der Waals surface area contributed by atoms with E-state index in [1.54, 1.807) is 0 Å². The highest BCUT2D eigenvalue weighted by Gasteiger charge is 2.45. The molecule has 0 aliphatic rings. The van der Waals surface area contributed by atoms with E-state index in [0.717, 1.165) is 4.72 Å². The molecule has 0 radical (unpaired) electrons. The van der Waals surface area contributed by atoms with Crippen molar-refractivity contribution in [2.75, 3.05) is 12.0 Å². The van der Waals surface area contributed by atoms with E-state index < -0.39 is 28.4 Å². The minimum absolute atomic E-state index is 0.172. The van der Waals surface area contributed by atoms with Crippen molar-refractivity contribution in [2.45, 2.75) is 5.51 Å². The van der Waals surface area contributed by atoms with Gasteiger partial charge in [0.05, 0.1) is 5.69 Å². The number of amides is 1. The molecule has 6 nitrogen and oxygen atoms in total. The number of hydrogen-bond donors (Lipinski definition) is 2. The smallest absolute Gasteiger partial charge is 0.432 e. The molecule has 0 atom stereocenters. The van der Waals surface area contributed by atoms with Gasteiger partial charge in [-0.2, -0.15) is 17.9 Å². The highest BCUT2D eigenvalue weighted by molar-refractivity contribution is 7.90. The van der Waals surface area contributed by atoms with Crippen LogP contribution >= 0.6 is 0 Å². The first-order chi connectivity index (χ1) is 8.72. The molecular weight excluding hydrogens is 289 g/mol. The number of carbonyl (C=O) groups excluding carboxylic acids is 1. The van der Waals surface area contributed by atoms with Crippen LogP contribution in [0.25, 0.3) is 0 Å². The van der Waals surface area contributed by atoms with E-state index in [0.29, 0.717) is 0 Å². The summed E-state index contributed by atoms with van der Waals surface area (Å²) in [5.41, 5.74) is -5.29. The fourth-order valence-corrected chi connectivity index (χ4v) is 1.20. The summed E-state index contributed by atoms with van der Waals surface area (Å²) in [6, 6.07) is 9.45. The zero-order valence-electron chi connectivity index (χ0n) is 9.11. The number of halogens is 3. The molecule has 0 saturated carbocycles. The molecule has 0 bridgehead atoms. The minimum atomic E-state index is -5.54. The summed E-state index contributed by atoms with van der Waals surface area (Å²) in [6.07, 6.45) is -1.14. The number of carbonyl (C=O) groups is 1. The molecule has 1 amide bonds. The van der Waals surface area contributed by atoms with Crippen LogP contribution in [0.1, 0.15) is 0 Å². The van der Waals surface area contributed by atoms with Gasteiger partial charge in [0.25, 0.3) is 0 Å². The van der Waals surface area contributed by atoms with Gasteiger partial charge in [-0.1, -0.05) is 12.1 Å². The third-order valence-corrected chi connectivity index (χ3v) is 2.75. The number of anilines is 1. The van der Waals surface area contributed by atoms with E-state index in [1.807, 2.05) is 0 Å². The molecule has 0 heterocycles. The number of sulfonamides is 1. The average molecular weight is 296 g/mol. The van der Waals surface area contributed by atoms with E-state index in [9.17, 15) is 26.4 Å². The molecule has 2 N–H and O–H groups in total. The van der Waals surface area contributed by atoms with E-state index in [-0.39, 0.29) is 5.69 Å². The van der Waals surface area contributed by atoms with Gasteiger partial charge >= 0.3 is 21.6 Å². The Labute approximate surface area is 106 Å². The van der Waals surface area contributed by atoms with Gasteiger partial charge in [0.2, 0.25) is 0 Å². The number of nitrogens with one attached hydrogen (secondary N) is 2. The Morgan fingerprint density at radius 2 is 2.11 bits per heavy atom. The first-order valence-electron chi connectivity index (χ1n) is 4.60. The normalized spacial score (nSPS) is 11.5. The van der Waals surface area contributed by atoms with Crippen LogP contribution in [-0.4, -0.2) is 26.8 Å². The number of rotatable bonds is 4. The fraction of sp³-hybridized carbons (Fsp3) is 0.222. The Morgan fingerprint density at radius 3 is 2.63 bits per heavy atom. The van der Waals surface area contributed by atoms with Gasteiger partial charge in [-0.05, 0) is 18.2 Å². The van der Waals surface area contributed by atoms with E-state index in [4.69, 9.17) is 0 Å². The lowest BCUT2D eigenvalue weighted by atomic mass is 10.4. The maximum atomic E-state index is 11.9. The SMILES string of the molecule is O=C(Nc1c#cccc1)OCNS(=O)(=O)C(F)(F)F. The summed E-state index contributed by atoms with van der Waals surface area (Å²) in [5, 5.41) is 2.10. The minimum Gasteiger partial charge on any atom is -0.432 e. The van der Waals surface area contributed by atoms with Crippen molar-refractivity contribution in [3.8, 4) is 0 Å². The van der Waals surface area contributed by atoms with Gasteiger partial charge in [-0.15, -0.1) is 0 Å². The van der Waals surface area contributed by atoms with E-state index >= 15 is 0 Å². The number of alkyl halides is 3. The molecule has 19 heavy (non-hydrogen) atoms. The lowest BCUT2D eigenvalue weighted by Gasteiger charge is -2.10. The number of hydrogen-bond acceptors (Lipinski definition) is 4. The molecule has 0 aliphatic heterocycles. The van der Waals surface area contributed by atoms with Crippen LogP contribution in [0.15, 0.2) is 18.2 Å². The van der Waals surface area contributed by atoms with Crippen molar-refractivity contribution >= 4 is 21.8 Å². The van der Waals surface area contributed by atoms with Crippen molar-refractivity contribution < 1.29 is 31.1 Å². The molecule has 0 saturated heterocycles. The second kappa shape index (κ2) is 5.77. The summed E-state index contributed by atoms with van der Waals surface area (Å²) in [6.45, 7) is -1.15. The van der Waals surface area contributed by atoms with Crippen LogP contribution in [0, 0.1) is 12.1 Å². The van der Waals surface area contributed by atoms with Crippen LogP contribution in [0.3, 0.4) is 0 Å². The summed E-state index contributed by atoms with van der Waals surface area (Å²) in [7, 11) is -5.54. The molecule has 0 aliphatic carbocycles. The van der Waals surface area contributed by atoms with Crippen LogP contribution < -0.4 is 10.0 Å². The van der Waals surface area contributed by atoms with Crippen molar-refractivity contribution in [1.82, 2.24) is 4.72 Å². The first kappa shape index (κ1) is 15.1. The highest BCUT2D eigenvalue weighted by atomic mass is 32.2. The molecule has 1 rings (SSSR count). The Kier molecular flexibility index (Phi) is 4.57. The molecule has 0 spiro atoms. The molecule has 10 heteroatoms. The van der Waals surface area contributed by atoms with Gasteiger partial charge in [-0.25, -0.2) is 13.2 Å². The average Bonchev–Trinajstić information content (AvgIpc) is 2.28. The summed E-state index contributed by atoms with van der Waals surface area (Å²) < 4.78 is 62.0. The molecule has 1 aromatic carbocycles. The van der Waals surface area contributed by atoms with E-state index in [1.165, 1.54) is 18.2 Å². The Bertz CT molecular complexity index is 530. The van der Waals surface area contributed by atoms with Crippen molar-refractivity contribution in [3.05, 3.63) is 30.3 Å². The zero-order chi connectivity index (χ0) is 14.5. The lowest BCUT2D eigenvalue weighted by molar-refractivity contribution is -0.0454. The van der Waals surface area contributed by atoms with Gasteiger partial charge in [0.15, 0.2) is 6.73 Å². The third kappa shape index (κ3) is 4.65. The lowest BCUT2D eigenvalue weighted by Crippen LogP contribution is -2.38. The van der Waals surface area contributed by atoms with Crippen LogP contribution in [-0.2, 0) is 14.8 Å². The summed E-state index contributed by atoms with van der Waals surface area (Å²) >= 11 is 0. The Hall–Kier alpha value is -1.99. The van der Waals surface area contributed by atoms with Crippen molar-refractivity contribution in [1.29, 1.82) is 0 Å². The highest BCUT2D eigenvalue weighted by Crippen LogP contribution is 2.21. The first-order valence-corrected chi connectivity index (χ1v) is 6.09. The van der Waals surface area contributed by atoms with Gasteiger partial charge < -0.3 is 4.74 Å². The van der Waals surface area contributed by atoms with Crippen LogP contribution in [0.5, 0.6) is 0 Å². The van der Waals surface area contributed by atoms with Crippen molar-refractivity contribution in [2.24, 2.45) is 0 Å². The van der Waals surface area contributed by atoms with E-state index in [2.05, 4.69) is 22.2 Å². The molecular formula is C9H7F3N2O4S. The third-order valence-electron chi connectivity index (χ3n) is 1.64. The summed E-state index contributed by atoms with van der Waals surface area (Å²) in [4.78, 5) is 11.1. The largest absolute Gasteiger partial charge is 0.511 e. The van der Waals surface area contributed by atoms with Gasteiger partial charge in [-0.3, -0.25) is 5.32 Å². The predicted molar refractivity (Wildman–Crippen MR) is 57.2 cm³/mol. The van der Waals surface area contributed by atoms with Crippen LogP contribution in [0.2, 0.25) is 0 Å².